The second-order valence-electron chi connectivity index (χ2n) is 4.34. The van der Waals surface area contributed by atoms with E-state index in [0.717, 1.165) is 31.6 Å². The van der Waals surface area contributed by atoms with Crippen LogP contribution in [0.25, 0.3) is 0 Å². The lowest BCUT2D eigenvalue weighted by Crippen LogP contribution is -2.45. The summed E-state index contributed by atoms with van der Waals surface area (Å²) in [6.07, 6.45) is 0. The molecule has 1 fully saturated rings. The first kappa shape index (κ1) is 12.1. The van der Waals surface area contributed by atoms with Crippen molar-refractivity contribution in [3.8, 4) is 0 Å². The molecule has 0 amide bonds. The molecule has 88 valence electrons. The molecule has 1 aliphatic rings. The number of ether oxygens (including phenoxy) is 1. The van der Waals surface area contributed by atoms with Crippen LogP contribution in [0.2, 0.25) is 0 Å². The van der Waals surface area contributed by atoms with E-state index in [9.17, 15) is 0 Å². The van der Waals surface area contributed by atoms with Gasteiger partial charge in [0.2, 0.25) is 0 Å². The second-order valence-corrected chi connectivity index (χ2v) is 4.99. The summed E-state index contributed by atoms with van der Waals surface area (Å²) in [5.74, 6) is 0. The third-order valence-corrected chi connectivity index (χ3v) is 3.74. The fraction of sp³-hybridized carbons (Fsp3) is 0.538. The molecule has 2 rings (SSSR count). The normalized spacial score (nSPS) is 22.2. The summed E-state index contributed by atoms with van der Waals surface area (Å²) in [7, 11) is 0. The van der Waals surface area contributed by atoms with E-state index in [1.165, 1.54) is 11.1 Å². The van der Waals surface area contributed by atoms with Crippen molar-refractivity contribution in [1.82, 2.24) is 4.90 Å². The van der Waals surface area contributed by atoms with Crippen molar-refractivity contribution in [1.29, 1.82) is 0 Å². The highest BCUT2D eigenvalue weighted by molar-refractivity contribution is 9.09. The Kier molecular flexibility index (Phi) is 4.38. The number of rotatable bonds is 3. The van der Waals surface area contributed by atoms with Gasteiger partial charge in [0.1, 0.15) is 0 Å². The minimum Gasteiger partial charge on any atom is -0.378 e. The largest absolute Gasteiger partial charge is 0.378 e. The Hall–Kier alpha value is -0.380. The molecule has 2 nitrogen and oxygen atoms in total. The van der Waals surface area contributed by atoms with Crippen LogP contribution in [0.4, 0.5) is 0 Å². The molecule has 1 unspecified atom stereocenters. The number of halogens is 1. The molecule has 0 N–H and O–H groups in total. The van der Waals surface area contributed by atoms with E-state index in [1.54, 1.807) is 0 Å². The number of nitrogens with zero attached hydrogens (tertiary/aromatic N) is 1. The number of hydrogen-bond acceptors (Lipinski definition) is 2. The van der Waals surface area contributed by atoms with Crippen LogP contribution in [0.15, 0.2) is 24.3 Å². The Morgan fingerprint density at radius 3 is 3.12 bits per heavy atom. The molecule has 1 aromatic rings. The van der Waals surface area contributed by atoms with E-state index in [0.29, 0.717) is 6.04 Å². The van der Waals surface area contributed by atoms with Gasteiger partial charge in [0.15, 0.2) is 0 Å². The predicted molar refractivity (Wildman–Crippen MR) is 70.0 cm³/mol. The smallest absolute Gasteiger partial charge is 0.0630 e. The van der Waals surface area contributed by atoms with Crippen molar-refractivity contribution in [3.63, 3.8) is 0 Å². The molecule has 1 heterocycles. The van der Waals surface area contributed by atoms with E-state index in [-0.39, 0.29) is 0 Å². The molecule has 1 aromatic carbocycles. The quantitative estimate of drug-likeness (QED) is 0.791. The van der Waals surface area contributed by atoms with Gasteiger partial charge >= 0.3 is 0 Å². The summed E-state index contributed by atoms with van der Waals surface area (Å²) in [5.41, 5.74) is 2.73. The maximum absolute atomic E-state index is 5.49. The zero-order valence-electron chi connectivity index (χ0n) is 9.66. The minimum atomic E-state index is 0.509. The van der Waals surface area contributed by atoms with Gasteiger partial charge in [-0.3, -0.25) is 4.90 Å². The van der Waals surface area contributed by atoms with Crippen molar-refractivity contribution >= 4 is 15.9 Å². The zero-order chi connectivity index (χ0) is 11.4. The van der Waals surface area contributed by atoms with Gasteiger partial charge in [-0.25, -0.2) is 0 Å². The van der Waals surface area contributed by atoms with Gasteiger partial charge in [-0.05, 0) is 12.5 Å². The highest BCUT2D eigenvalue weighted by Crippen LogP contribution is 2.14. The second kappa shape index (κ2) is 5.80. The number of hydrogen-bond donors (Lipinski definition) is 0. The summed E-state index contributed by atoms with van der Waals surface area (Å²) >= 11 is 3.56. The SMILES string of the molecule is Cc1cccc(CN2CCOCC2CBr)c1. The molecule has 3 heteroatoms. The van der Waals surface area contributed by atoms with Gasteiger partial charge in [-0.2, -0.15) is 0 Å². The summed E-state index contributed by atoms with van der Waals surface area (Å²) in [4.78, 5) is 2.49. The van der Waals surface area contributed by atoms with E-state index < -0.39 is 0 Å². The van der Waals surface area contributed by atoms with Crippen molar-refractivity contribution < 1.29 is 4.74 Å². The summed E-state index contributed by atoms with van der Waals surface area (Å²) in [5, 5.41) is 0.985. The molecule has 16 heavy (non-hydrogen) atoms. The third kappa shape index (κ3) is 3.06. The predicted octanol–water partition coefficient (Wildman–Crippen LogP) is 2.59. The molecule has 0 aliphatic carbocycles. The lowest BCUT2D eigenvalue weighted by molar-refractivity contribution is -0.00213. The summed E-state index contributed by atoms with van der Waals surface area (Å²) < 4.78 is 5.49. The third-order valence-electron chi connectivity index (χ3n) is 3.00. The summed E-state index contributed by atoms with van der Waals surface area (Å²) in [6, 6.07) is 9.25. The number of aryl methyl sites for hydroxylation is 1. The molecule has 1 aliphatic heterocycles. The van der Waals surface area contributed by atoms with Crippen molar-refractivity contribution in [2.24, 2.45) is 0 Å². The molecular weight excluding hydrogens is 266 g/mol. The number of benzene rings is 1. The van der Waals surface area contributed by atoms with Crippen LogP contribution in [0.5, 0.6) is 0 Å². The molecule has 0 radical (unpaired) electrons. The van der Waals surface area contributed by atoms with Crippen LogP contribution in [0.1, 0.15) is 11.1 Å². The fourth-order valence-corrected chi connectivity index (χ4v) is 2.68. The average Bonchev–Trinajstić information content (AvgIpc) is 2.30. The van der Waals surface area contributed by atoms with Crippen LogP contribution in [0.3, 0.4) is 0 Å². The summed E-state index contributed by atoms with van der Waals surface area (Å²) in [6.45, 7) is 5.91. The molecule has 1 saturated heterocycles. The Bertz CT molecular complexity index is 342. The van der Waals surface area contributed by atoms with E-state index in [2.05, 4.69) is 52.0 Å². The minimum absolute atomic E-state index is 0.509. The first-order chi connectivity index (χ1) is 7.79. The van der Waals surface area contributed by atoms with Crippen LogP contribution in [-0.2, 0) is 11.3 Å². The van der Waals surface area contributed by atoms with Gasteiger partial charge in [0.25, 0.3) is 0 Å². The Morgan fingerprint density at radius 1 is 1.50 bits per heavy atom. The molecule has 0 saturated carbocycles. The Labute approximate surface area is 106 Å². The molecule has 0 bridgehead atoms. The van der Waals surface area contributed by atoms with Gasteiger partial charge in [-0.15, -0.1) is 0 Å². The molecule has 0 aromatic heterocycles. The zero-order valence-corrected chi connectivity index (χ0v) is 11.2. The van der Waals surface area contributed by atoms with Crippen LogP contribution in [0, 0.1) is 6.92 Å². The van der Waals surface area contributed by atoms with Gasteiger partial charge in [0, 0.05) is 24.5 Å². The van der Waals surface area contributed by atoms with Crippen molar-refractivity contribution in [3.05, 3.63) is 35.4 Å². The Balaban J connectivity index is 2.02. The van der Waals surface area contributed by atoms with E-state index in [4.69, 9.17) is 4.74 Å². The number of morpholine rings is 1. The standard InChI is InChI=1S/C13H18BrNO/c1-11-3-2-4-12(7-11)9-15-5-6-16-10-13(15)8-14/h2-4,7,13H,5-6,8-10H2,1H3. The first-order valence-corrected chi connectivity index (χ1v) is 6.85. The van der Waals surface area contributed by atoms with Gasteiger partial charge in [-0.1, -0.05) is 45.8 Å². The lowest BCUT2D eigenvalue weighted by atomic mass is 10.1. The van der Waals surface area contributed by atoms with Gasteiger partial charge in [0.05, 0.1) is 13.2 Å². The van der Waals surface area contributed by atoms with E-state index in [1.807, 2.05) is 0 Å². The van der Waals surface area contributed by atoms with Crippen molar-refractivity contribution in [2.75, 3.05) is 25.1 Å². The lowest BCUT2D eigenvalue weighted by Gasteiger charge is -2.34. The molecule has 0 spiro atoms. The van der Waals surface area contributed by atoms with Gasteiger partial charge < -0.3 is 4.74 Å². The van der Waals surface area contributed by atoms with Crippen LogP contribution in [-0.4, -0.2) is 36.0 Å². The number of alkyl halides is 1. The maximum atomic E-state index is 5.49. The fourth-order valence-electron chi connectivity index (χ4n) is 2.08. The first-order valence-electron chi connectivity index (χ1n) is 5.73. The van der Waals surface area contributed by atoms with E-state index >= 15 is 0 Å². The van der Waals surface area contributed by atoms with Crippen LogP contribution >= 0.6 is 15.9 Å². The highest BCUT2D eigenvalue weighted by Gasteiger charge is 2.21. The topological polar surface area (TPSA) is 12.5 Å². The monoisotopic (exact) mass is 283 g/mol. The highest BCUT2D eigenvalue weighted by atomic mass is 79.9. The maximum Gasteiger partial charge on any atom is 0.0630 e. The van der Waals surface area contributed by atoms with Crippen LogP contribution < -0.4 is 0 Å². The average molecular weight is 284 g/mol. The molecular formula is C13H18BrNO. The molecule has 1 atom stereocenters. The van der Waals surface area contributed by atoms with Crippen molar-refractivity contribution in [2.45, 2.75) is 19.5 Å². The Morgan fingerprint density at radius 2 is 2.38 bits per heavy atom.